The van der Waals surface area contributed by atoms with Gasteiger partial charge >= 0.3 is 0 Å². The highest BCUT2D eigenvalue weighted by molar-refractivity contribution is 6.30. The average molecular weight is 310 g/mol. The molecule has 0 radical (unpaired) electrons. The largest absolute Gasteiger partial charge is 0.436 e. The summed E-state index contributed by atoms with van der Waals surface area (Å²) in [7, 11) is 0. The molecule has 0 aliphatic carbocycles. The molecule has 1 aromatic carbocycles. The Morgan fingerprint density at radius 3 is 2.76 bits per heavy atom. The van der Waals surface area contributed by atoms with Crippen LogP contribution in [-0.2, 0) is 0 Å². The number of rotatable bonds is 5. The Morgan fingerprint density at radius 1 is 1.33 bits per heavy atom. The van der Waals surface area contributed by atoms with E-state index in [-0.39, 0.29) is 22.6 Å². The molecule has 0 aliphatic heterocycles. The van der Waals surface area contributed by atoms with Crippen molar-refractivity contribution < 1.29 is 9.13 Å². The minimum absolute atomic E-state index is 0.0116. The molecule has 0 bridgehead atoms. The van der Waals surface area contributed by atoms with E-state index in [0.717, 1.165) is 6.54 Å². The van der Waals surface area contributed by atoms with Crippen LogP contribution in [0.2, 0.25) is 5.02 Å². The van der Waals surface area contributed by atoms with Crippen LogP contribution >= 0.6 is 11.6 Å². The summed E-state index contributed by atoms with van der Waals surface area (Å²) in [6, 6.07) is 6.23. The fraction of sp³-hybridized carbons (Fsp3) is 0.333. The number of halogens is 2. The zero-order valence-electron chi connectivity index (χ0n) is 12.2. The lowest BCUT2D eigenvalue weighted by molar-refractivity contribution is 0.424. The lowest BCUT2D eigenvalue weighted by atomic mass is 10.2. The van der Waals surface area contributed by atoms with Crippen molar-refractivity contribution in [3.63, 3.8) is 0 Å². The van der Waals surface area contributed by atoms with Crippen LogP contribution in [0.1, 0.15) is 32.5 Å². The van der Waals surface area contributed by atoms with Crippen molar-refractivity contribution in [1.29, 1.82) is 0 Å². The molecule has 6 heteroatoms. The van der Waals surface area contributed by atoms with Crippen LogP contribution in [-0.4, -0.2) is 16.5 Å². The van der Waals surface area contributed by atoms with E-state index in [2.05, 4.69) is 15.3 Å². The van der Waals surface area contributed by atoms with Gasteiger partial charge in [-0.1, -0.05) is 31.5 Å². The van der Waals surface area contributed by atoms with Gasteiger partial charge in [-0.15, -0.1) is 0 Å². The van der Waals surface area contributed by atoms with Crippen molar-refractivity contribution in [2.45, 2.75) is 26.7 Å². The molecule has 1 N–H and O–H groups in total. The van der Waals surface area contributed by atoms with Crippen LogP contribution in [0.4, 0.5) is 10.2 Å². The molecule has 0 amide bonds. The van der Waals surface area contributed by atoms with E-state index in [0.29, 0.717) is 11.6 Å². The Bertz CT molecular complexity index is 634. The maximum atomic E-state index is 13.9. The van der Waals surface area contributed by atoms with Gasteiger partial charge < -0.3 is 10.1 Å². The summed E-state index contributed by atoms with van der Waals surface area (Å²) in [6.45, 7) is 6.65. The predicted molar refractivity (Wildman–Crippen MR) is 81.8 cm³/mol. The van der Waals surface area contributed by atoms with Gasteiger partial charge in [-0.25, -0.2) is 9.37 Å². The Hall–Kier alpha value is -1.88. The van der Waals surface area contributed by atoms with Gasteiger partial charge in [-0.3, -0.25) is 0 Å². The van der Waals surface area contributed by atoms with Gasteiger partial charge in [0, 0.05) is 18.5 Å². The molecule has 2 rings (SSSR count). The predicted octanol–water partition coefficient (Wildman–Crippen LogP) is 4.62. The van der Waals surface area contributed by atoms with Crippen molar-refractivity contribution in [2.24, 2.45) is 0 Å². The average Bonchev–Trinajstić information content (AvgIpc) is 2.44. The lowest BCUT2D eigenvalue weighted by Crippen LogP contribution is -2.06. The molecule has 112 valence electrons. The number of anilines is 1. The molecule has 1 heterocycles. The van der Waals surface area contributed by atoms with E-state index in [4.69, 9.17) is 16.3 Å². The topological polar surface area (TPSA) is 47.0 Å². The van der Waals surface area contributed by atoms with Gasteiger partial charge in [0.05, 0.1) is 5.02 Å². The first-order chi connectivity index (χ1) is 10.0. The van der Waals surface area contributed by atoms with Gasteiger partial charge in [-0.2, -0.15) is 4.98 Å². The molecule has 0 fully saturated rings. The maximum Gasteiger partial charge on any atom is 0.224 e. The molecule has 2 aromatic rings. The van der Waals surface area contributed by atoms with Crippen LogP contribution in [0, 0.1) is 5.82 Å². The molecule has 1 aromatic heterocycles. The second kappa shape index (κ2) is 6.72. The third-order valence-corrected chi connectivity index (χ3v) is 3.02. The summed E-state index contributed by atoms with van der Waals surface area (Å²) < 4.78 is 19.4. The smallest absolute Gasteiger partial charge is 0.224 e. The number of hydrogen-bond acceptors (Lipinski definition) is 4. The van der Waals surface area contributed by atoms with Crippen LogP contribution < -0.4 is 10.1 Å². The Labute approximate surface area is 128 Å². The quantitative estimate of drug-likeness (QED) is 0.875. The fourth-order valence-corrected chi connectivity index (χ4v) is 1.87. The summed E-state index contributed by atoms with van der Waals surface area (Å²) in [5.41, 5.74) is 0. The number of ether oxygens (including phenoxy) is 1. The van der Waals surface area contributed by atoms with Gasteiger partial charge in [0.2, 0.25) is 5.88 Å². The van der Waals surface area contributed by atoms with Crippen molar-refractivity contribution in [2.75, 3.05) is 11.9 Å². The molecule has 0 atom stereocenters. The normalized spacial score (nSPS) is 10.8. The van der Waals surface area contributed by atoms with Crippen LogP contribution in [0.15, 0.2) is 24.3 Å². The van der Waals surface area contributed by atoms with Crippen LogP contribution in [0.25, 0.3) is 0 Å². The van der Waals surface area contributed by atoms with Crippen molar-refractivity contribution >= 4 is 17.4 Å². The minimum atomic E-state index is -0.603. The molecular formula is C15H17ClFN3O. The number of hydrogen-bond donors (Lipinski definition) is 1. The minimum Gasteiger partial charge on any atom is -0.436 e. The number of aromatic nitrogens is 2. The fourth-order valence-electron chi connectivity index (χ4n) is 1.70. The van der Waals surface area contributed by atoms with E-state index in [1.54, 1.807) is 12.1 Å². The molecule has 0 unspecified atom stereocenters. The van der Waals surface area contributed by atoms with Crippen LogP contribution in [0.3, 0.4) is 0 Å². The SMILES string of the molecule is CCNc1cc(Oc2cccc(Cl)c2F)nc(C(C)C)n1. The summed E-state index contributed by atoms with van der Waals surface area (Å²) >= 11 is 5.74. The summed E-state index contributed by atoms with van der Waals surface area (Å²) in [5.74, 6) is 1.13. The summed E-state index contributed by atoms with van der Waals surface area (Å²) in [6.07, 6.45) is 0. The third-order valence-electron chi connectivity index (χ3n) is 2.72. The molecular weight excluding hydrogens is 293 g/mol. The standard InChI is InChI=1S/C15H17ClFN3O/c1-4-18-12-8-13(20-15(19-12)9(2)3)21-11-7-5-6-10(16)14(11)17/h5-9H,4H2,1-3H3,(H,18,19,20). The molecule has 0 aliphatic rings. The van der Waals surface area contributed by atoms with E-state index < -0.39 is 5.82 Å². The number of nitrogens with one attached hydrogen (secondary N) is 1. The molecule has 4 nitrogen and oxygen atoms in total. The van der Waals surface area contributed by atoms with E-state index in [1.165, 1.54) is 12.1 Å². The van der Waals surface area contributed by atoms with Gasteiger partial charge in [0.1, 0.15) is 11.6 Å². The van der Waals surface area contributed by atoms with Gasteiger partial charge in [0.25, 0.3) is 0 Å². The van der Waals surface area contributed by atoms with Crippen molar-refractivity contribution in [1.82, 2.24) is 9.97 Å². The zero-order chi connectivity index (χ0) is 15.4. The zero-order valence-corrected chi connectivity index (χ0v) is 12.9. The third kappa shape index (κ3) is 3.82. The Balaban J connectivity index is 2.36. The molecule has 0 spiro atoms. The molecule has 0 saturated carbocycles. The van der Waals surface area contributed by atoms with Crippen molar-refractivity contribution in [3.8, 4) is 11.6 Å². The molecule has 21 heavy (non-hydrogen) atoms. The second-order valence-corrected chi connectivity index (χ2v) is 5.20. The first-order valence-corrected chi connectivity index (χ1v) is 7.13. The first kappa shape index (κ1) is 15.5. The number of benzene rings is 1. The van der Waals surface area contributed by atoms with Gasteiger partial charge in [-0.05, 0) is 19.1 Å². The van der Waals surface area contributed by atoms with E-state index in [9.17, 15) is 4.39 Å². The second-order valence-electron chi connectivity index (χ2n) is 4.79. The number of nitrogens with zero attached hydrogens (tertiary/aromatic N) is 2. The van der Waals surface area contributed by atoms with Crippen LogP contribution in [0.5, 0.6) is 11.6 Å². The first-order valence-electron chi connectivity index (χ1n) is 6.76. The van der Waals surface area contributed by atoms with E-state index >= 15 is 0 Å². The van der Waals surface area contributed by atoms with Crippen molar-refractivity contribution in [3.05, 3.63) is 40.9 Å². The Kier molecular flexibility index (Phi) is 4.96. The highest BCUT2D eigenvalue weighted by atomic mass is 35.5. The summed E-state index contributed by atoms with van der Waals surface area (Å²) in [4.78, 5) is 8.68. The highest BCUT2D eigenvalue weighted by Gasteiger charge is 2.12. The highest BCUT2D eigenvalue weighted by Crippen LogP contribution is 2.29. The monoisotopic (exact) mass is 309 g/mol. The van der Waals surface area contributed by atoms with Gasteiger partial charge in [0.15, 0.2) is 11.6 Å². The lowest BCUT2D eigenvalue weighted by Gasteiger charge is -2.12. The van der Waals surface area contributed by atoms with E-state index in [1.807, 2.05) is 20.8 Å². The molecule has 0 saturated heterocycles. The summed E-state index contributed by atoms with van der Waals surface area (Å²) in [5, 5.41) is 3.12. The Morgan fingerprint density at radius 2 is 2.10 bits per heavy atom. The maximum absolute atomic E-state index is 13.9.